The van der Waals surface area contributed by atoms with E-state index in [1.54, 1.807) is 0 Å². The van der Waals surface area contributed by atoms with Gasteiger partial charge < -0.3 is 15.0 Å². The number of para-hydroxylation sites is 1. The van der Waals surface area contributed by atoms with Gasteiger partial charge in [0.2, 0.25) is 0 Å². The molecule has 126 valence electrons. The molecule has 2 aromatic rings. The number of ether oxygens (including phenoxy) is 1. The fourth-order valence-corrected chi connectivity index (χ4v) is 4.33. The van der Waals surface area contributed by atoms with Crippen LogP contribution in [0.25, 0.3) is 10.9 Å². The van der Waals surface area contributed by atoms with Crippen LogP contribution in [0.2, 0.25) is 0 Å². The Bertz CT molecular complexity index is 646. The molecule has 1 aromatic heterocycles. The van der Waals surface area contributed by atoms with E-state index in [1.165, 1.54) is 35.7 Å². The first-order valence-electron chi connectivity index (χ1n) is 8.86. The minimum absolute atomic E-state index is 0.132. The van der Waals surface area contributed by atoms with Crippen LogP contribution in [0.3, 0.4) is 0 Å². The molecule has 0 radical (unpaired) electrons. The van der Waals surface area contributed by atoms with Crippen LogP contribution in [0.1, 0.15) is 52.0 Å². The summed E-state index contributed by atoms with van der Waals surface area (Å²) in [6.45, 7) is 7.01. The molecule has 2 N–H and O–H groups in total. The molecule has 1 aliphatic rings. The van der Waals surface area contributed by atoms with Gasteiger partial charge in [-0.3, -0.25) is 0 Å². The first kappa shape index (κ1) is 16.5. The Morgan fingerprint density at radius 2 is 2.09 bits per heavy atom. The molecule has 1 fully saturated rings. The molecule has 3 atom stereocenters. The first-order valence-corrected chi connectivity index (χ1v) is 8.86. The number of H-pyrrole nitrogens is 1. The van der Waals surface area contributed by atoms with Crippen LogP contribution >= 0.6 is 0 Å². The lowest BCUT2D eigenvalue weighted by Gasteiger charge is -2.31. The topological polar surface area (TPSA) is 37.0 Å². The van der Waals surface area contributed by atoms with Crippen molar-refractivity contribution < 1.29 is 4.74 Å². The van der Waals surface area contributed by atoms with Crippen molar-refractivity contribution in [1.82, 2.24) is 10.3 Å². The second-order valence-corrected chi connectivity index (χ2v) is 7.72. The molecule has 0 unspecified atom stereocenters. The average Bonchev–Trinajstić information content (AvgIpc) is 3.12. The highest BCUT2D eigenvalue weighted by Crippen LogP contribution is 2.34. The van der Waals surface area contributed by atoms with Gasteiger partial charge in [-0.15, -0.1) is 0 Å². The normalized spacial score (nSPS) is 23.5. The predicted octanol–water partition coefficient (Wildman–Crippen LogP) is 4.38. The Morgan fingerprint density at radius 3 is 2.87 bits per heavy atom. The lowest BCUT2D eigenvalue weighted by atomic mass is 9.79. The van der Waals surface area contributed by atoms with E-state index in [0.717, 1.165) is 6.42 Å². The molecule has 1 saturated carbocycles. The molecular formula is C20H30N2O. The van der Waals surface area contributed by atoms with Crippen molar-refractivity contribution in [2.45, 2.75) is 70.1 Å². The van der Waals surface area contributed by atoms with Gasteiger partial charge in [0.05, 0.1) is 6.10 Å². The molecular weight excluding hydrogens is 284 g/mol. The maximum absolute atomic E-state index is 5.62. The summed E-state index contributed by atoms with van der Waals surface area (Å²) in [5.74, 6) is 0. The third kappa shape index (κ3) is 3.46. The third-order valence-electron chi connectivity index (χ3n) is 5.39. The largest absolute Gasteiger partial charge is 0.380 e. The minimum Gasteiger partial charge on any atom is -0.380 e. The van der Waals surface area contributed by atoms with Crippen LogP contribution in [-0.2, 0) is 10.2 Å². The second-order valence-electron chi connectivity index (χ2n) is 7.72. The highest BCUT2D eigenvalue weighted by atomic mass is 16.5. The molecule has 0 saturated heterocycles. The molecule has 3 heteroatoms. The fraction of sp³-hybridized carbons (Fsp3) is 0.600. The molecule has 0 bridgehead atoms. The van der Waals surface area contributed by atoms with Gasteiger partial charge in [0, 0.05) is 36.3 Å². The van der Waals surface area contributed by atoms with E-state index >= 15 is 0 Å². The van der Waals surface area contributed by atoms with Crippen LogP contribution in [-0.4, -0.2) is 30.3 Å². The number of aromatic nitrogens is 1. The number of rotatable bonds is 6. The summed E-state index contributed by atoms with van der Waals surface area (Å²) >= 11 is 0. The summed E-state index contributed by atoms with van der Waals surface area (Å²) < 4.78 is 5.62. The van der Waals surface area contributed by atoms with E-state index in [2.05, 4.69) is 61.5 Å². The van der Waals surface area contributed by atoms with Crippen LogP contribution in [0.5, 0.6) is 0 Å². The lowest BCUT2D eigenvalue weighted by Crippen LogP contribution is -2.44. The van der Waals surface area contributed by atoms with Gasteiger partial charge in [-0.05, 0) is 49.7 Å². The monoisotopic (exact) mass is 314 g/mol. The lowest BCUT2D eigenvalue weighted by molar-refractivity contribution is 0.0806. The molecule has 1 aliphatic carbocycles. The number of aromatic amines is 1. The highest BCUT2D eigenvalue weighted by Gasteiger charge is 2.31. The van der Waals surface area contributed by atoms with E-state index in [1.807, 2.05) is 7.11 Å². The Kier molecular flexibility index (Phi) is 4.79. The Morgan fingerprint density at radius 1 is 1.30 bits per heavy atom. The summed E-state index contributed by atoms with van der Waals surface area (Å²) in [5.41, 5.74) is 2.77. The Balaban J connectivity index is 1.70. The van der Waals surface area contributed by atoms with Gasteiger partial charge in [-0.2, -0.15) is 0 Å². The number of hydrogen-bond donors (Lipinski definition) is 2. The van der Waals surface area contributed by atoms with E-state index in [4.69, 9.17) is 4.74 Å². The summed E-state index contributed by atoms with van der Waals surface area (Å²) in [6, 6.07) is 9.56. The van der Waals surface area contributed by atoms with E-state index in [9.17, 15) is 0 Å². The van der Waals surface area contributed by atoms with Crippen molar-refractivity contribution in [2.75, 3.05) is 7.11 Å². The van der Waals surface area contributed by atoms with E-state index in [0.29, 0.717) is 18.2 Å². The summed E-state index contributed by atoms with van der Waals surface area (Å²) in [6.07, 6.45) is 7.37. The van der Waals surface area contributed by atoms with Gasteiger partial charge in [-0.1, -0.05) is 32.0 Å². The van der Waals surface area contributed by atoms with Crippen LogP contribution in [0.4, 0.5) is 0 Å². The molecule has 1 heterocycles. The first-order chi connectivity index (χ1) is 11.0. The van der Waals surface area contributed by atoms with Gasteiger partial charge in [0.25, 0.3) is 0 Å². The standard InChI is InChI=1S/C20H30N2O/c1-14(22-18-10-7-11-19(18)23-4)12-20(2,3)16-13-21-17-9-6-5-8-15(16)17/h5-6,8-9,13-14,18-19,21-22H,7,10-12H2,1-4H3/t14-,18+,19-/m1/s1. The molecule has 3 rings (SSSR count). The zero-order chi connectivity index (χ0) is 16.4. The SMILES string of the molecule is CO[C@@H]1CCC[C@@H]1N[C@H](C)CC(C)(C)c1c[nH]c2ccccc12. The number of methoxy groups -OCH3 is 1. The summed E-state index contributed by atoms with van der Waals surface area (Å²) in [4.78, 5) is 3.42. The molecule has 0 amide bonds. The number of benzene rings is 1. The van der Waals surface area contributed by atoms with Crippen molar-refractivity contribution in [2.24, 2.45) is 0 Å². The smallest absolute Gasteiger partial charge is 0.0724 e. The second kappa shape index (κ2) is 6.66. The quantitative estimate of drug-likeness (QED) is 0.830. The van der Waals surface area contributed by atoms with Crippen molar-refractivity contribution in [3.8, 4) is 0 Å². The summed E-state index contributed by atoms with van der Waals surface area (Å²) in [7, 11) is 1.84. The van der Waals surface area contributed by atoms with Crippen LogP contribution in [0.15, 0.2) is 30.5 Å². The number of fused-ring (bicyclic) bond motifs is 1. The maximum Gasteiger partial charge on any atom is 0.0724 e. The predicted molar refractivity (Wildman–Crippen MR) is 97.0 cm³/mol. The van der Waals surface area contributed by atoms with Crippen LogP contribution in [0, 0.1) is 0 Å². The molecule has 1 aromatic carbocycles. The molecule has 3 nitrogen and oxygen atoms in total. The van der Waals surface area contributed by atoms with Crippen molar-refractivity contribution in [1.29, 1.82) is 0 Å². The highest BCUT2D eigenvalue weighted by molar-refractivity contribution is 5.84. The number of hydrogen-bond acceptors (Lipinski definition) is 2. The van der Waals surface area contributed by atoms with Gasteiger partial charge in [0.15, 0.2) is 0 Å². The zero-order valence-electron chi connectivity index (χ0n) is 14.9. The van der Waals surface area contributed by atoms with Crippen LogP contribution < -0.4 is 5.32 Å². The zero-order valence-corrected chi connectivity index (χ0v) is 14.9. The minimum atomic E-state index is 0.132. The van der Waals surface area contributed by atoms with Crippen molar-refractivity contribution in [3.05, 3.63) is 36.0 Å². The maximum atomic E-state index is 5.62. The third-order valence-corrected chi connectivity index (χ3v) is 5.39. The average molecular weight is 314 g/mol. The molecule has 23 heavy (non-hydrogen) atoms. The van der Waals surface area contributed by atoms with Gasteiger partial charge in [0.1, 0.15) is 0 Å². The van der Waals surface area contributed by atoms with Gasteiger partial charge in [-0.25, -0.2) is 0 Å². The summed E-state index contributed by atoms with van der Waals surface area (Å²) in [5, 5.41) is 5.16. The molecule has 0 spiro atoms. The van der Waals surface area contributed by atoms with Gasteiger partial charge >= 0.3 is 0 Å². The number of nitrogens with one attached hydrogen (secondary N) is 2. The van der Waals surface area contributed by atoms with E-state index in [-0.39, 0.29) is 5.41 Å². The Hall–Kier alpha value is -1.32. The van der Waals surface area contributed by atoms with Crippen molar-refractivity contribution >= 4 is 10.9 Å². The molecule has 0 aliphatic heterocycles. The van der Waals surface area contributed by atoms with E-state index < -0.39 is 0 Å². The fourth-order valence-electron chi connectivity index (χ4n) is 4.33. The van der Waals surface area contributed by atoms with Crippen molar-refractivity contribution in [3.63, 3.8) is 0 Å². The Labute approximate surface area is 139 Å².